The van der Waals surface area contributed by atoms with E-state index < -0.39 is 0 Å². The lowest BCUT2D eigenvalue weighted by atomic mass is 10.3. The van der Waals surface area contributed by atoms with Gasteiger partial charge < -0.3 is 10.3 Å². The van der Waals surface area contributed by atoms with Crippen molar-refractivity contribution in [2.45, 2.75) is 0 Å². The van der Waals surface area contributed by atoms with E-state index in [1.807, 2.05) is 0 Å². The molecule has 0 aliphatic rings. The summed E-state index contributed by atoms with van der Waals surface area (Å²) in [7, 11) is 0. The second kappa shape index (κ2) is 3.67. The highest BCUT2D eigenvalue weighted by molar-refractivity contribution is 6.30. The summed E-state index contributed by atoms with van der Waals surface area (Å²) in [5.41, 5.74) is 0.299. The van der Waals surface area contributed by atoms with E-state index >= 15 is 0 Å². The number of rotatable bonds is 2. The van der Waals surface area contributed by atoms with Crippen molar-refractivity contribution in [3.05, 3.63) is 41.4 Å². The van der Waals surface area contributed by atoms with Gasteiger partial charge in [0, 0.05) is 17.4 Å². The average Bonchev–Trinajstić information content (AvgIpc) is 2.64. The summed E-state index contributed by atoms with van der Waals surface area (Å²) in [6, 6.07) is 4.29. The summed E-state index contributed by atoms with van der Waals surface area (Å²) in [6.07, 6.45) is 3.22. The van der Waals surface area contributed by atoms with Crippen LogP contribution >= 0.6 is 11.6 Å². The highest BCUT2D eigenvalue weighted by atomic mass is 35.5. The number of anilines is 2. The Morgan fingerprint density at radius 3 is 3.00 bits per heavy atom. The van der Waals surface area contributed by atoms with Crippen LogP contribution in [-0.2, 0) is 0 Å². The van der Waals surface area contributed by atoms with E-state index in [2.05, 4.69) is 15.3 Å². The fraction of sp³-hybridized carbons (Fsp3) is 0. The number of halogens is 2. The van der Waals surface area contributed by atoms with Gasteiger partial charge in [-0.1, -0.05) is 11.6 Å². The lowest BCUT2D eigenvalue weighted by molar-refractivity contribution is 0.631. The number of nitrogens with one attached hydrogen (secondary N) is 2. The summed E-state index contributed by atoms with van der Waals surface area (Å²) in [5, 5.41) is 3.24. The van der Waals surface area contributed by atoms with E-state index in [0.29, 0.717) is 16.7 Å². The van der Waals surface area contributed by atoms with Crippen LogP contribution in [0.4, 0.5) is 16.0 Å². The third-order valence-electron chi connectivity index (χ3n) is 1.68. The van der Waals surface area contributed by atoms with Crippen molar-refractivity contribution in [2.75, 3.05) is 5.32 Å². The molecule has 2 rings (SSSR count). The number of imidazole rings is 1. The fourth-order valence-corrected chi connectivity index (χ4v) is 1.23. The summed E-state index contributed by atoms with van der Waals surface area (Å²) in [5.74, 6) is 0.108. The topological polar surface area (TPSA) is 40.7 Å². The van der Waals surface area contributed by atoms with E-state index in [0.717, 1.165) is 0 Å². The SMILES string of the molecule is Fc1ccc(Cl)cc1Nc1ncc[nH]1. The van der Waals surface area contributed by atoms with E-state index in [-0.39, 0.29) is 5.82 Å². The van der Waals surface area contributed by atoms with Crippen LogP contribution in [0.2, 0.25) is 5.02 Å². The molecule has 1 aromatic heterocycles. The molecule has 0 bridgehead atoms. The molecule has 5 heteroatoms. The van der Waals surface area contributed by atoms with Crippen LogP contribution in [0.3, 0.4) is 0 Å². The van der Waals surface area contributed by atoms with Crippen LogP contribution in [0.5, 0.6) is 0 Å². The number of H-pyrrole nitrogens is 1. The highest BCUT2D eigenvalue weighted by Crippen LogP contribution is 2.21. The van der Waals surface area contributed by atoms with Crippen molar-refractivity contribution < 1.29 is 4.39 Å². The molecule has 0 saturated carbocycles. The molecule has 0 aliphatic carbocycles. The first kappa shape index (κ1) is 9.02. The first-order valence-corrected chi connectivity index (χ1v) is 4.35. The molecule has 2 N–H and O–H groups in total. The van der Waals surface area contributed by atoms with Crippen molar-refractivity contribution >= 4 is 23.2 Å². The number of hydrogen-bond acceptors (Lipinski definition) is 2. The maximum atomic E-state index is 13.2. The summed E-state index contributed by atoms with van der Waals surface area (Å²) < 4.78 is 13.2. The molecule has 0 amide bonds. The number of nitrogens with zero attached hydrogens (tertiary/aromatic N) is 1. The van der Waals surface area contributed by atoms with Gasteiger partial charge in [-0.15, -0.1) is 0 Å². The second-order valence-corrected chi connectivity index (χ2v) is 3.12. The largest absolute Gasteiger partial charge is 0.331 e. The molecule has 0 fully saturated rings. The third kappa shape index (κ3) is 1.85. The molecule has 72 valence electrons. The van der Waals surface area contributed by atoms with E-state index in [9.17, 15) is 4.39 Å². The first-order chi connectivity index (χ1) is 6.75. The summed E-state index contributed by atoms with van der Waals surface area (Å²) in [4.78, 5) is 6.71. The lowest BCUT2D eigenvalue weighted by Gasteiger charge is -2.04. The molecule has 1 aromatic carbocycles. The fourth-order valence-electron chi connectivity index (χ4n) is 1.05. The lowest BCUT2D eigenvalue weighted by Crippen LogP contribution is -1.95. The molecule has 0 unspecified atom stereocenters. The van der Waals surface area contributed by atoms with Crippen LogP contribution in [0.25, 0.3) is 0 Å². The molecule has 0 saturated heterocycles. The van der Waals surface area contributed by atoms with E-state index in [1.165, 1.54) is 18.2 Å². The maximum absolute atomic E-state index is 13.2. The van der Waals surface area contributed by atoms with Crippen LogP contribution in [-0.4, -0.2) is 9.97 Å². The van der Waals surface area contributed by atoms with Crippen LogP contribution in [0.15, 0.2) is 30.6 Å². The predicted octanol–water partition coefficient (Wildman–Crippen LogP) is 2.95. The molecule has 0 spiro atoms. The van der Waals surface area contributed by atoms with Crippen molar-refractivity contribution in [1.29, 1.82) is 0 Å². The van der Waals surface area contributed by atoms with Crippen LogP contribution in [0, 0.1) is 5.82 Å². The Morgan fingerprint density at radius 1 is 1.43 bits per heavy atom. The van der Waals surface area contributed by atoms with Gasteiger partial charge in [0.2, 0.25) is 5.95 Å². The monoisotopic (exact) mass is 211 g/mol. The zero-order valence-electron chi connectivity index (χ0n) is 7.09. The van der Waals surface area contributed by atoms with Gasteiger partial charge >= 0.3 is 0 Å². The molecule has 14 heavy (non-hydrogen) atoms. The molecule has 2 aromatic rings. The normalized spacial score (nSPS) is 10.1. The van der Waals surface area contributed by atoms with Gasteiger partial charge in [-0.05, 0) is 18.2 Å². The van der Waals surface area contributed by atoms with E-state index in [1.54, 1.807) is 12.4 Å². The van der Waals surface area contributed by atoms with Gasteiger partial charge in [0.1, 0.15) is 5.82 Å². The standard InChI is InChI=1S/C9H7ClFN3/c10-6-1-2-7(11)8(5-6)14-9-12-3-4-13-9/h1-5H,(H2,12,13,14). The predicted molar refractivity (Wildman–Crippen MR) is 53.3 cm³/mol. The van der Waals surface area contributed by atoms with Crippen molar-refractivity contribution in [3.8, 4) is 0 Å². The zero-order valence-corrected chi connectivity index (χ0v) is 7.85. The van der Waals surface area contributed by atoms with Gasteiger partial charge in [0.05, 0.1) is 5.69 Å². The van der Waals surface area contributed by atoms with Crippen LogP contribution < -0.4 is 5.32 Å². The Bertz CT molecular complexity index is 428. The van der Waals surface area contributed by atoms with Gasteiger partial charge in [-0.3, -0.25) is 0 Å². The quantitative estimate of drug-likeness (QED) is 0.802. The van der Waals surface area contributed by atoms with Gasteiger partial charge in [0.15, 0.2) is 0 Å². The first-order valence-electron chi connectivity index (χ1n) is 3.97. The molecule has 1 heterocycles. The van der Waals surface area contributed by atoms with Gasteiger partial charge in [0.25, 0.3) is 0 Å². The Morgan fingerprint density at radius 2 is 2.29 bits per heavy atom. The Labute approximate surface area is 84.9 Å². The second-order valence-electron chi connectivity index (χ2n) is 2.69. The van der Waals surface area contributed by atoms with Gasteiger partial charge in [-0.2, -0.15) is 0 Å². The minimum absolute atomic E-state index is 0.299. The Balaban J connectivity index is 2.28. The molecule has 3 nitrogen and oxygen atoms in total. The van der Waals surface area contributed by atoms with Crippen LogP contribution in [0.1, 0.15) is 0 Å². The third-order valence-corrected chi connectivity index (χ3v) is 1.91. The Hall–Kier alpha value is -1.55. The zero-order chi connectivity index (χ0) is 9.97. The van der Waals surface area contributed by atoms with Crippen molar-refractivity contribution in [3.63, 3.8) is 0 Å². The highest BCUT2D eigenvalue weighted by Gasteiger charge is 2.03. The molecule has 0 radical (unpaired) electrons. The number of aromatic amines is 1. The molecular weight excluding hydrogens is 205 g/mol. The maximum Gasteiger partial charge on any atom is 0.204 e. The van der Waals surface area contributed by atoms with Crippen molar-refractivity contribution in [2.24, 2.45) is 0 Å². The molecule has 0 aliphatic heterocycles. The average molecular weight is 212 g/mol. The number of hydrogen-bond donors (Lipinski definition) is 2. The summed E-state index contributed by atoms with van der Waals surface area (Å²) >= 11 is 5.72. The smallest absolute Gasteiger partial charge is 0.204 e. The molecular formula is C9H7ClFN3. The summed E-state index contributed by atoms with van der Waals surface area (Å²) in [6.45, 7) is 0. The van der Waals surface area contributed by atoms with Gasteiger partial charge in [-0.25, -0.2) is 9.37 Å². The Kier molecular flexibility index (Phi) is 2.37. The minimum atomic E-state index is -0.370. The number of benzene rings is 1. The van der Waals surface area contributed by atoms with Crippen molar-refractivity contribution in [1.82, 2.24) is 9.97 Å². The minimum Gasteiger partial charge on any atom is -0.331 e. The molecule has 0 atom stereocenters. The van der Waals surface area contributed by atoms with E-state index in [4.69, 9.17) is 11.6 Å². The number of aromatic nitrogens is 2.